The van der Waals surface area contributed by atoms with Gasteiger partial charge in [0, 0.05) is 24.2 Å². The van der Waals surface area contributed by atoms with Gasteiger partial charge in [-0.25, -0.2) is 9.18 Å². The van der Waals surface area contributed by atoms with Crippen LogP contribution in [0.15, 0.2) is 60.4 Å². The van der Waals surface area contributed by atoms with Crippen molar-refractivity contribution in [1.29, 1.82) is 0 Å². The number of hydrogen-bond acceptors (Lipinski definition) is 4. The molecule has 1 heterocycles. The first-order valence-electron chi connectivity index (χ1n) is 10.1. The average Bonchev–Trinajstić information content (AvgIpc) is 2.73. The number of anilines is 2. The fraction of sp³-hybridized carbons (Fsp3) is 0.333. The number of alkyl carbamates (subject to hydrolysis) is 1. The van der Waals surface area contributed by atoms with E-state index < -0.39 is 17.8 Å². The third kappa shape index (κ3) is 5.49. The first-order chi connectivity index (χ1) is 14.7. The number of nitrogens with one attached hydrogen (secondary N) is 1. The maximum atomic E-state index is 13.5. The van der Waals surface area contributed by atoms with Crippen LogP contribution in [0.1, 0.15) is 44.4 Å². The molecule has 0 radical (unpaired) electrons. The zero-order chi connectivity index (χ0) is 22.6. The minimum absolute atomic E-state index is 0.00194. The van der Waals surface area contributed by atoms with E-state index >= 15 is 0 Å². The molecule has 7 heteroatoms. The van der Waals surface area contributed by atoms with Crippen molar-refractivity contribution in [3.05, 3.63) is 71.6 Å². The Morgan fingerprint density at radius 1 is 1.23 bits per heavy atom. The van der Waals surface area contributed by atoms with E-state index in [1.807, 2.05) is 30.3 Å². The van der Waals surface area contributed by atoms with Crippen molar-refractivity contribution in [3.63, 3.8) is 0 Å². The molecule has 2 aromatic carbocycles. The summed E-state index contributed by atoms with van der Waals surface area (Å²) in [5.74, 6) is -0.00194. The topological polar surface area (TPSA) is 78.9 Å². The second kappa shape index (κ2) is 9.31. The van der Waals surface area contributed by atoms with Gasteiger partial charge >= 0.3 is 6.09 Å². The fourth-order valence-corrected chi connectivity index (χ4v) is 3.44. The summed E-state index contributed by atoms with van der Waals surface area (Å²) in [4.78, 5) is 26.0. The third-order valence-corrected chi connectivity index (χ3v) is 4.86. The molecule has 2 N–H and O–H groups in total. The summed E-state index contributed by atoms with van der Waals surface area (Å²) < 4.78 is 18.6. The molecule has 6 nitrogen and oxygen atoms in total. The molecule has 0 bridgehead atoms. The van der Waals surface area contributed by atoms with Crippen LogP contribution < -0.4 is 10.2 Å². The Bertz CT molecular complexity index is 983. The van der Waals surface area contributed by atoms with Gasteiger partial charge in [-0.2, -0.15) is 0 Å². The Morgan fingerprint density at radius 3 is 2.58 bits per heavy atom. The number of carbonyl (C=O) groups excluding carboxylic acids is 2. The van der Waals surface area contributed by atoms with Gasteiger partial charge in [0.05, 0.1) is 12.0 Å². The number of fused-ring (bicyclic) bond motifs is 1. The zero-order valence-corrected chi connectivity index (χ0v) is 17.9. The average molecular weight is 426 g/mol. The van der Waals surface area contributed by atoms with Crippen molar-refractivity contribution < 1.29 is 23.8 Å². The van der Waals surface area contributed by atoms with Crippen LogP contribution in [0.4, 0.5) is 20.6 Å². The van der Waals surface area contributed by atoms with Crippen molar-refractivity contribution in [2.24, 2.45) is 0 Å². The minimum atomic E-state index is -1.24. The predicted molar refractivity (Wildman–Crippen MR) is 117 cm³/mol. The monoisotopic (exact) mass is 426 g/mol. The lowest BCUT2D eigenvalue weighted by molar-refractivity contribution is -0.118. The fourth-order valence-electron chi connectivity index (χ4n) is 3.44. The standard InChI is InChI=1S/C24H27FN2O4/c1-24(2,3)31-23(30)26-15-18(14-25)22(29)17-9-11-20-16(13-17)10-12-21(28)27(20)19-7-5-4-6-8-19/h4-9,11,13-14,22,29H,10,12,15H2,1-3H3,(H,26,30)/b18-14+. The second-order valence-corrected chi connectivity index (χ2v) is 8.39. The summed E-state index contributed by atoms with van der Waals surface area (Å²) in [6, 6.07) is 14.5. The number of ether oxygens (including phenoxy) is 1. The molecule has 1 atom stereocenters. The molecule has 164 valence electrons. The van der Waals surface area contributed by atoms with Crippen LogP contribution in [0.2, 0.25) is 0 Å². The molecular formula is C24H27FN2O4. The Kier molecular flexibility index (Phi) is 6.75. The molecule has 1 unspecified atom stereocenters. The van der Waals surface area contributed by atoms with Crippen LogP contribution in [0.3, 0.4) is 0 Å². The van der Waals surface area contributed by atoms with Crippen molar-refractivity contribution in [2.75, 3.05) is 11.4 Å². The van der Waals surface area contributed by atoms with E-state index in [1.54, 1.807) is 43.9 Å². The quantitative estimate of drug-likeness (QED) is 0.726. The Morgan fingerprint density at radius 2 is 1.94 bits per heavy atom. The summed E-state index contributed by atoms with van der Waals surface area (Å²) in [6.07, 6.45) is -0.771. The van der Waals surface area contributed by atoms with Gasteiger partial charge in [0.1, 0.15) is 11.7 Å². The van der Waals surface area contributed by atoms with Crippen LogP contribution in [0.25, 0.3) is 0 Å². The molecule has 0 spiro atoms. The van der Waals surface area contributed by atoms with Gasteiger partial charge in [-0.15, -0.1) is 0 Å². The summed E-state index contributed by atoms with van der Waals surface area (Å²) in [7, 11) is 0. The van der Waals surface area contributed by atoms with Gasteiger partial charge in [0.15, 0.2) is 0 Å². The lowest BCUT2D eigenvalue weighted by Gasteiger charge is -2.30. The van der Waals surface area contributed by atoms with E-state index in [4.69, 9.17) is 4.74 Å². The number of halogens is 1. The molecule has 3 rings (SSSR count). The van der Waals surface area contributed by atoms with E-state index in [0.717, 1.165) is 16.9 Å². The highest BCUT2D eigenvalue weighted by atomic mass is 19.1. The molecule has 0 aromatic heterocycles. The van der Waals surface area contributed by atoms with Crippen LogP contribution >= 0.6 is 0 Å². The lowest BCUT2D eigenvalue weighted by Crippen LogP contribution is -2.34. The number of rotatable bonds is 5. The molecule has 0 aliphatic carbocycles. The highest BCUT2D eigenvalue weighted by Gasteiger charge is 2.27. The largest absolute Gasteiger partial charge is 0.444 e. The van der Waals surface area contributed by atoms with Gasteiger partial charge in [-0.3, -0.25) is 9.69 Å². The number of amides is 2. The number of benzene rings is 2. The number of nitrogens with zero attached hydrogens (tertiary/aromatic N) is 1. The lowest BCUT2D eigenvalue weighted by atomic mass is 9.94. The van der Waals surface area contributed by atoms with Crippen LogP contribution in [0, 0.1) is 0 Å². The van der Waals surface area contributed by atoms with Crippen molar-refractivity contribution in [2.45, 2.75) is 45.3 Å². The number of hydrogen-bond donors (Lipinski definition) is 2. The van der Waals surface area contributed by atoms with E-state index in [9.17, 15) is 19.1 Å². The smallest absolute Gasteiger partial charge is 0.407 e. The highest BCUT2D eigenvalue weighted by molar-refractivity contribution is 6.03. The zero-order valence-electron chi connectivity index (χ0n) is 17.9. The van der Waals surface area contributed by atoms with E-state index in [2.05, 4.69) is 5.32 Å². The highest BCUT2D eigenvalue weighted by Crippen LogP contribution is 2.36. The van der Waals surface area contributed by atoms with Crippen LogP contribution in [-0.2, 0) is 16.0 Å². The molecule has 1 aliphatic rings. The maximum Gasteiger partial charge on any atom is 0.407 e. The van der Waals surface area contributed by atoms with Gasteiger partial charge in [0.2, 0.25) is 5.91 Å². The summed E-state index contributed by atoms with van der Waals surface area (Å²) in [5, 5.41) is 13.1. The second-order valence-electron chi connectivity index (χ2n) is 8.39. The number of para-hydroxylation sites is 1. The first kappa shape index (κ1) is 22.5. The van der Waals surface area contributed by atoms with Crippen molar-refractivity contribution in [3.8, 4) is 0 Å². The van der Waals surface area contributed by atoms with Gasteiger partial charge < -0.3 is 15.2 Å². The van der Waals surface area contributed by atoms with E-state index in [-0.39, 0.29) is 18.0 Å². The summed E-state index contributed by atoms with van der Waals surface area (Å²) >= 11 is 0. The first-order valence-corrected chi connectivity index (χ1v) is 10.1. The number of aliphatic hydroxyl groups is 1. The van der Waals surface area contributed by atoms with E-state index in [1.165, 1.54) is 0 Å². The molecule has 0 saturated heterocycles. The molecule has 0 fully saturated rings. The van der Waals surface area contributed by atoms with Gasteiger partial charge in [-0.05, 0) is 56.5 Å². The maximum absolute atomic E-state index is 13.5. The molecule has 1 aliphatic heterocycles. The molecule has 2 amide bonds. The SMILES string of the molecule is CC(C)(C)OC(=O)NC/C(=C\F)C(O)c1ccc2c(c1)CCC(=O)N2c1ccccc1. The number of aryl methyl sites for hydroxylation is 1. The number of carbonyl (C=O) groups is 2. The summed E-state index contributed by atoms with van der Waals surface area (Å²) in [6.45, 7) is 4.98. The minimum Gasteiger partial charge on any atom is -0.444 e. The molecule has 2 aromatic rings. The Hall–Kier alpha value is -3.19. The van der Waals surface area contributed by atoms with Gasteiger partial charge in [-0.1, -0.05) is 30.3 Å². The normalized spacial score (nSPS) is 15.3. The van der Waals surface area contributed by atoms with E-state index in [0.29, 0.717) is 24.7 Å². The predicted octanol–water partition coefficient (Wildman–Crippen LogP) is 4.71. The molecule has 31 heavy (non-hydrogen) atoms. The van der Waals surface area contributed by atoms with Crippen molar-refractivity contribution in [1.82, 2.24) is 5.32 Å². The molecular weight excluding hydrogens is 399 g/mol. The van der Waals surface area contributed by atoms with Gasteiger partial charge in [0.25, 0.3) is 0 Å². The summed E-state index contributed by atoms with van der Waals surface area (Å²) in [5.41, 5.74) is 2.21. The van der Waals surface area contributed by atoms with Crippen LogP contribution in [-0.4, -0.2) is 29.3 Å². The Balaban J connectivity index is 1.78. The van der Waals surface area contributed by atoms with Crippen LogP contribution in [0.5, 0.6) is 0 Å². The van der Waals surface area contributed by atoms with Crippen molar-refractivity contribution >= 4 is 23.4 Å². The Labute approximate surface area is 181 Å². The third-order valence-electron chi connectivity index (χ3n) is 4.86. The number of aliphatic hydroxyl groups excluding tert-OH is 1. The molecule has 0 saturated carbocycles.